The molecule has 1 aromatic heterocycles. The van der Waals surface area contributed by atoms with Gasteiger partial charge in [0.15, 0.2) is 5.82 Å². The fourth-order valence-corrected chi connectivity index (χ4v) is 5.95. The maximum Gasteiger partial charge on any atom is 0.232 e. The standard InChI is InChI=1S/C28H37ClN8O3S/c1-35(41(3,38)39)25-7-5-4-6-23(25)32-27-22(29)19-31-28(34-27)33-24-9-8-21(18-26(24)40-2)37-16-14-36(15-17-37)20-10-12-30-13-11-20/h4-9,18-20,30H,10-17H2,1-3H3,(H2,31,32,33,34). The minimum atomic E-state index is -3.46. The van der Waals surface area contributed by atoms with Gasteiger partial charge in [-0.25, -0.2) is 13.4 Å². The summed E-state index contributed by atoms with van der Waals surface area (Å²) in [6.45, 7) is 6.30. The van der Waals surface area contributed by atoms with Crippen LogP contribution in [0.2, 0.25) is 5.02 Å². The average Bonchev–Trinajstić information content (AvgIpc) is 2.99. The van der Waals surface area contributed by atoms with Crippen molar-refractivity contribution in [2.75, 3.05) is 79.5 Å². The minimum Gasteiger partial charge on any atom is -0.494 e. The number of halogens is 1. The van der Waals surface area contributed by atoms with Crippen LogP contribution in [-0.2, 0) is 10.0 Å². The third-order valence-electron chi connectivity index (χ3n) is 7.67. The summed E-state index contributed by atoms with van der Waals surface area (Å²) < 4.78 is 31.2. The van der Waals surface area contributed by atoms with Crippen LogP contribution in [0.1, 0.15) is 12.8 Å². The molecule has 3 heterocycles. The molecule has 0 radical (unpaired) electrons. The summed E-state index contributed by atoms with van der Waals surface area (Å²) in [5, 5.41) is 10.1. The molecule has 0 bridgehead atoms. The highest BCUT2D eigenvalue weighted by Crippen LogP contribution is 2.34. The van der Waals surface area contributed by atoms with Crippen LogP contribution in [0.5, 0.6) is 5.75 Å². The number of nitrogens with one attached hydrogen (secondary N) is 3. The summed E-state index contributed by atoms with van der Waals surface area (Å²) in [4.78, 5) is 13.9. The zero-order chi connectivity index (χ0) is 29.0. The van der Waals surface area contributed by atoms with Gasteiger partial charge in [-0.1, -0.05) is 23.7 Å². The van der Waals surface area contributed by atoms with Gasteiger partial charge in [-0.05, 0) is 50.2 Å². The summed E-state index contributed by atoms with van der Waals surface area (Å²) in [6, 6.07) is 13.8. The number of para-hydroxylation sites is 2. The van der Waals surface area contributed by atoms with E-state index in [4.69, 9.17) is 16.3 Å². The van der Waals surface area contributed by atoms with E-state index in [2.05, 4.69) is 41.8 Å². The summed E-state index contributed by atoms with van der Waals surface area (Å²) in [7, 11) is -0.326. The molecule has 0 amide bonds. The highest BCUT2D eigenvalue weighted by atomic mass is 35.5. The molecule has 5 rings (SSSR count). The van der Waals surface area contributed by atoms with E-state index in [9.17, 15) is 8.42 Å². The van der Waals surface area contributed by atoms with Gasteiger partial charge in [0.05, 0.1) is 36.6 Å². The number of methoxy groups -OCH3 is 1. The van der Waals surface area contributed by atoms with Gasteiger partial charge in [-0.3, -0.25) is 9.21 Å². The molecule has 11 nitrogen and oxygen atoms in total. The zero-order valence-electron chi connectivity index (χ0n) is 23.6. The molecular weight excluding hydrogens is 564 g/mol. The van der Waals surface area contributed by atoms with Gasteiger partial charge in [0, 0.05) is 51.0 Å². The number of aromatic nitrogens is 2. The molecule has 0 atom stereocenters. The van der Waals surface area contributed by atoms with Gasteiger partial charge in [0.1, 0.15) is 10.8 Å². The minimum absolute atomic E-state index is 0.290. The fourth-order valence-electron chi connectivity index (χ4n) is 5.29. The number of piperidine rings is 1. The van der Waals surface area contributed by atoms with Crippen molar-refractivity contribution in [1.29, 1.82) is 0 Å². The Morgan fingerprint density at radius 3 is 2.49 bits per heavy atom. The SMILES string of the molecule is COc1cc(N2CCN(C3CCNCC3)CC2)ccc1Nc1ncc(Cl)c(Nc2ccccc2N(C)S(C)(=O)=O)n1. The van der Waals surface area contributed by atoms with Crippen LogP contribution in [0.4, 0.5) is 34.5 Å². The van der Waals surface area contributed by atoms with Gasteiger partial charge >= 0.3 is 0 Å². The predicted octanol–water partition coefficient (Wildman–Crippen LogP) is 3.90. The van der Waals surface area contributed by atoms with Gasteiger partial charge in [-0.15, -0.1) is 0 Å². The van der Waals surface area contributed by atoms with Crippen molar-refractivity contribution in [3.63, 3.8) is 0 Å². The van der Waals surface area contributed by atoms with Crippen molar-refractivity contribution in [2.45, 2.75) is 18.9 Å². The second-order valence-corrected chi connectivity index (χ2v) is 12.7. The number of ether oxygens (including phenoxy) is 1. The second kappa shape index (κ2) is 12.7. The van der Waals surface area contributed by atoms with Crippen LogP contribution in [0, 0.1) is 0 Å². The smallest absolute Gasteiger partial charge is 0.232 e. The fraction of sp³-hybridized carbons (Fsp3) is 0.429. The first-order valence-corrected chi connectivity index (χ1v) is 15.9. The normalized spacial score (nSPS) is 16.8. The maximum atomic E-state index is 12.1. The van der Waals surface area contributed by atoms with E-state index in [1.807, 2.05) is 12.1 Å². The molecule has 13 heteroatoms. The number of benzene rings is 2. The van der Waals surface area contributed by atoms with Crippen LogP contribution in [-0.4, -0.2) is 89.0 Å². The van der Waals surface area contributed by atoms with Crippen molar-refractivity contribution >= 4 is 56.1 Å². The lowest BCUT2D eigenvalue weighted by Crippen LogP contribution is -2.52. The van der Waals surface area contributed by atoms with Gasteiger partial charge in [0.25, 0.3) is 0 Å². The molecule has 2 aliphatic rings. The molecule has 2 fully saturated rings. The Morgan fingerprint density at radius 1 is 1.05 bits per heavy atom. The highest BCUT2D eigenvalue weighted by molar-refractivity contribution is 7.92. The number of sulfonamides is 1. The highest BCUT2D eigenvalue weighted by Gasteiger charge is 2.25. The van der Waals surface area contributed by atoms with E-state index in [1.165, 1.54) is 30.4 Å². The molecule has 0 spiro atoms. The van der Waals surface area contributed by atoms with Gasteiger partial charge in [0.2, 0.25) is 16.0 Å². The van der Waals surface area contributed by atoms with E-state index < -0.39 is 10.0 Å². The molecule has 220 valence electrons. The lowest BCUT2D eigenvalue weighted by Gasteiger charge is -2.41. The van der Waals surface area contributed by atoms with Crippen LogP contribution in [0.25, 0.3) is 0 Å². The first-order valence-electron chi connectivity index (χ1n) is 13.7. The first kappa shape index (κ1) is 29.2. The molecule has 41 heavy (non-hydrogen) atoms. The largest absolute Gasteiger partial charge is 0.494 e. The number of hydrogen-bond donors (Lipinski definition) is 3. The van der Waals surface area contributed by atoms with Crippen LogP contribution in [0.3, 0.4) is 0 Å². The van der Waals surface area contributed by atoms with Gasteiger partial charge in [-0.2, -0.15) is 4.98 Å². The van der Waals surface area contributed by atoms with Crippen LogP contribution < -0.4 is 29.9 Å². The van der Waals surface area contributed by atoms with E-state index in [-0.39, 0.29) is 0 Å². The number of piperazine rings is 1. The van der Waals surface area contributed by atoms with Crippen molar-refractivity contribution in [3.05, 3.63) is 53.7 Å². The molecule has 0 unspecified atom stereocenters. The van der Waals surface area contributed by atoms with Crippen molar-refractivity contribution in [1.82, 2.24) is 20.2 Å². The molecule has 2 saturated heterocycles. The number of anilines is 6. The number of hydrogen-bond acceptors (Lipinski definition) is 10. The summed E-state index contributed by atoms with van der Waals surface area (Å²) in [6.07, 6.45) is 5.09. The van der Waals surface area contributed by atoms with Crippen LogP contribution >= 0.6 is 11.6 Å². The molecule has 3 N–H and O–H groups in total. The van der Waals surface area contributed by atoms with E-state index in [1.54, 1.807) is 31.4 Å². The lowest BCUT2D eigenvalue weighted by molar-refractivity contribution is 0.153. The Kier molecular flexibility index (Phi) is 9.03. The maximum absolute atomic E-state index is 12.1. The summed E-state index contributed by atoms with van der Waals surface area (Å²) in [5.41, 5.74) is 2.83. The third kappa shape index (κ3) is 6.95. The molecule has 0 saturated carbocycles. The van der Waals surface area contributed by atoms with Gasteiger partial charge < -0.3 is 25.6 Å². The van der Waals surface area contributed by atoms with Crippen molar-refractivity contribution in [3.8, 4) is 5.75 Å². The monoisotopic (exact) mass is 600 g/mol. The van der Waals surface area contributed by atoms with Crippen molar-refractivity contribution in [2.24, 2.45) is 0 Å². The Balaban J connectivity index is 1.29. The second-order valence-electron chi connectivity index (χ2n) is 10.3. The third-order valence-corrected chi connectivity index (χ3v) is 9.14. The Hall–Kier alpha value is -3.32. The van der Waals surface area contributed by atoms with E-state index in [0.717, 1.165) is 56.9 Å². The topological polar surface area (TPSA) is 115 Å². The Bertz CT molecular complexity index is 1460. The van der Waals surface area contributed by atoms with Crippen molar-refractivity contribution < 1.29 is 13.2 Å². The first-order chi connectivity index (χ1) is 19.7. The molecule has 2 aromatic carbocycles. The Morgan fingerprint density at radius 2 is 1.78 bits per heavy atom. The Labute approximate surface area is 246 Å². The molecule has 3 aromatic rings. The predicted molar refractivity (Wildman–Crippen MR) is 166 cm³/mol. The summed E-state index contributed by atoms with van der Waals surface area (Å²) in [5.74, 6) is 1.32. The number of nitrogens with zero attached hydrogens (tertiary/aromatic N) is 5. The average molecular weight is 601 g/mol. The lowest BCUT2D eigenvalue weighted by atomic mass is 10.0. The van der Waals surface area contributed by atoms with Crippen LogP contribution in [0.15, 0.2) is 48.7 Å². The molecule has 2 aliphatic heterocycles. The molecular formula is C28H37ClN8O3S. The summed E-state index contributed by atoms with van der Waals surface area (Å²) >= 11 is 6.41. The van der Waals surface area contributed by atoms with E-state index in [0.29, 0.717) is 40.0 Å². The zero-order valence-corrected chi connectivity index (χ0v) is 25.2. The molecule has 0 aliphatic carbocycles. The quantitative estimate of drug-likeness (QED) is 0.334. The van der Waals surface area contributed by atoms with E-state index >= 15 is 0 Å². The number of rotatable bonds is 9.